The van der Waals surface area contributed by atoms with Gasteiger partial charge in [0.05, 0.1) is 12.5 Å². The van der Waals surface area contributed by atoms with E-state index in [1.807, 2.05) is 43.3 Å². The Balaban J connectivity index is 2.71. The summed E-state index contributed by atoms with van der Waals surface area (Å²) >= 11 is 0. The van der Waals surface area contributed by atoms with E-state index in [4.69, 9.17) is 4.74 Å². The summed E-state index contributed by atoms with van der Waals surface area (Å²) in [6, 6.07) is 9.82. The van der Waals surface area contributed by atoms with Gasteiger partial charge in [-0.3, -0.25) is 4.79 Å². The first-order chi connectivity index (χ1) is 8.29. The summed E-state index contributed by atoms with van der Waals surface area (Å²) in [7, 11) is 0. The van der Waals surface area contributed by atoms with Gasteiger partial charge in [-0.05, 0) is 31.7 Å². The van der Waals surface area contributed by atoms with Crippen molar-refractivity contribution in [2.75, 3.05) is 6.61 Å². The number of carbonyl (C=O) groups excluding carboxylic acids is 1. The quantitative estimate of drug-likeness (QED) is 0.407. The van der Waals surface area contributed by atoms with Gasteiger partial charge < -0.3 is 4.74 Å². The van der Waals surface area contributed by atoms with Crippen LogP contribution in [0.1, 0.15) is 37.7 Å². The Hall–Kier alpha value is -1.57. The second-order valence-electron chi connectivity index (χ2n) is 3.93. The van der Waals surface area contributed by atoms with Crippen molar-refractivity contribution in [3.8, 4) is 0 Å². The summed E-state index contributed by atoms with van der Waals surface area (Å²) in [5.74, 6) is -0.265. The molecule has 1 aromatic rings. The Morgan fingerprint density at radius 2 is 2.12 bits per heavy atom. The maximum absolute atomic E-state index is 11.9. The van der Waals surface area contributed by atoms with Gasteiger partial charge in [-0.25, -0.2) is 0 Å². The molecule has 0 aromatic heterocycles. The monoisotopic (exact) mass is 232 g/mol. The molecule has 2 nitrogen and oxygen atoms in total. The summed E-state index contributed by atoms with van der Waals surface area (Å²) in [5, 5.41) is 0. The van der Waals surface area contributed by atoms with Gasteiger partial charge in [0.15, 0.2) is 0 Å². The minimum Gasteiger partial charge on any atom is -0.466 e. The molecule has 1 unspecified atom stereocenters. The first kappa shape index (κ1) is 13.5. The van der Waals surface area contributed by atoms with Gasteiger partial charge in [-0.1, -0.05) is 36.4 Å². The fourth-order valence-electron chi connectivity index (χ4n) is 1.82. The largest absolute Gasteiger partial charge is 0.466 e. The number of allylic oxidation sites excluding steroid dienone is 1. The lowest BCUT2D eigenvalue weighted by atomic mass is 9.93. The Morgan fingerprint density at radius 3 is 2.71 bits per heavy atom. The minimum atomic E-state index is -0.143. The van der Waals surface area contributed by atoms with E-state index in [0.717, 1.165) is 24.8 Å². The fraction of sp³-hybridized carbons (Fsp3) is 0.400. The van der Waals surface area contributed by atoms with Crippen molar-refractivity contribution >= 4 is 5.97 Å². The second-order valence-corrected chi connectivity index (χ2v) is 3.93. The van der Waals surface area contributed by atoms with E-state index < -0.39 is 0 Å². The van der Waals surface area contributed by atoms with Gasteiger partial charge in [-0.2, -0.15) is 0 Å². The van der Waals surface area contributed by atoms with Gasteiger partial charge in [0, 0.05) is 0 Å². The highest BCUT2D eigenvalue weighted by atomic mass is 16.5. The third-order valence-corrected chi connectivity index (χ3v) is 2.67. The van der Waals surface area contributed by atoms with Crippen molar-refractivity contribution < 1.29 is 9.53 Å². The molecule has 0 aliphatic carbocycles. The van der Waals surface area contributed by atoms with Gasteiger partial charge >= 0.3 is 5.97 Å². The molecule has 17 heavy (non-hydrogen) atoms. The third kappa shape index (κ3) is 4.43. The molecule has 0 N–H and O–H groups in total. The topological polar surface area (TPSA) is 26.3 Å². The lowest BCUT2D eigenvalue weighted by Gasteiger charge is -2.15. The smallest absolute Gasteiger partial charge is 0.313 e. The molecular weight excluding hydrogens is 212 g/mol. The number of hydrogen-bond donors (Lipinski definition) is 0. The Labute approximate surface area is 103 Å². The fourth-order valence-corrected chi connectivity index (χ4v) is 1.82. The van der Waals surface area contributed by atoms with Crippen LogP contribution >= 0.6 is 0 Å². The number of carbonyl (C=O) groups is 1. The molecule has 0 fully saturated rings. The van der Waals surface area contributed by atoms with Crippen molar-refractivity contribution in [3.05, 3.63) is 48.6 Å². The summed E-state index contributed by atoms with van der Waals surface area (Å²) in [4.78, 5) is 11.9. The average molecular weight is 232 g/mol. The highest BCUT2D eigenvalue weighted by Crippen LogP contribution is 2.23. The number of esters is 1. The lowest BCUT2D eigenvalue weighted by molar-refractivity contribution is -0.145. The van der Waals surface area contributed by atoms with Gasteiger partial charge in [0.2, 0.25) is 0 Å². The van der Waals surface area contributed by atoms with Crippen LogP contribution in [0.5, 0.6) is 0 Å². The SMILES string of the molecule is C=CCCCC(C(=O)OCC)c1ccccc1. The predicted octanol–water partition coefficient (Wildman–Crippen LogP) is 3.69. The number of hydrogen-bond acceptors (Lipinski definition) is 2. The molecule has 0 spiro atoms. The highest BCUT2D eigenvalue weighted by molar-refractivity contribution is 5.78. The molecule has 92 valence electrons. The van der Waals surface area contributed by atoms with E-state index in [1.54, 1.807) is 0 Å². The van der Waals surface area contributed by atoms with Crippen molar-refractivity contribution in [1.82, 2.24) is 0 Å². The molecule has 0 aliphatic rings. The van der Waals surface area contributed by atoms with Crippen LogP contribution in [0.15, 0.2) is 43.0 Å². The van der Waals surface area contributed by atoms with E-state index in [9.17, 15) is 4.79 Å². The predicted molar refractivity (Wildman–Crippen MR) is 69.9 cm³/mol. The maximum atomic E-state index is 11.9. The van der Waals surface area contributed by atoms with E-state index in [0.29, 0.717) is 6.61 Å². The Bertz CT molecular complexity index is 343. The van der Waals surface area contributed by atoms with Crippen LogP contribution in [-0.4, -0.2) is 12.6 Å². The number of ether oxygens (including phenoxy) is 1. The van der Waals surface area contributed by atoms with E-state index >= 15 is 0 Å². The standard InChI is InChI=1S/C15H20O2/c1-3-5-7-12-14(15(16)17-4-2)13-10-8-6-9-11-13/h3,6,8-11,14H,1,4-5,7,12H2,2H3. The van der Waals surface area contributed by atoms with Crippen LogP contribution < -0.4 is 0 Å². The average Bonchev–Trinajstić information content (AvgIpc) is 2.36. The van der Waals surface area contributed by atoms with E-state index in [2.05, 4.69) is 6.58 Å². The lowest BCUT2D eigenvalue weighted by Crippen LogP contribution is -2.16. The summed E-state index contributed by atoms with van der Waals surface area (Å²) < 4.78 is 5.12. The van der Waals surface area contributed by atoms with Gasteiger partial charge in [-0.15, -0.1) is 6.58 Å². The highest BCUT2D eigenvalue weighted by Gasteiger charge is 2.20. The van der Waals surface area contributed by atoms with Crippen molar-refractivity contribution in [2.45, 2.75) is 32.1 Å². The van der Waals surface area contributed by atoms with E-state index in [1.165, 1.54) is 0 Å². The zero-order chi connectivity index (χ0) is 12.5. The number of rotatable bonds is 7. The maximum Gasteiger partial charge on any atom is 0.313 e. The second kappa shape index (κ2) is 7.66. The van der Waals surface area contributed by atoms with Crippen LogP contribution in [0.2, 0.25) is 0 Å². The van der Waals surface area contributed by atoms with Gasteiger partial charge in [0.25, 0.3) is 0 Å². The molecule has 1 atom stereocenters. The van der Waals surface area contributed by atoms with Crippen LogP contribution in [0, 0.1) is 0 Å². The zero-order valence-electron chi connectivity index (χ0n) is 10.4. The normalized spacial score (nSPS) is 11.8. The van der Waals surface area contributed by atoms with Gasteiger partial charge in [0.1, 0.15) is 0 Å². The molecule has 0 heterocycles. The molecule has 1 aromatic carbocycles. The van der Waals surface area contributed by atoms with Crippen molar-refractivity contribution in [3.63, 3.8) is 0 Å². The molecular formula is C15H20O2. The summed E-state index contributed by atoms with van der Waals surface area (Å²) in [6.07, 6.45) is 4.59. The first-order valence-electron chi connectivity index (χ1n) is 6.12. The molecule has 0 radical (unpaired) electrons. The molecule has 2 heteroatoms. The van der Waals surface area contributed by atoms with E-state index in [-0.39, 0.29) is 11.9 Å². The molecule has 1 rings (SSSR count). The van der Waals surface area contributed by atoms with Crippen molar-refractivity contribution in [1.29, 1.82) is 0 Å². The number of benzene rings is 1. The molecule has 0 amide bonds. The number of unbranched alkanes of at least 4 members (excludes halogenated alkanes) is 1. The minimum absolute atomic E-state index is 0.122. The Kier molecular flexibility index (Phi) is 6.08. The van der Waals surface area contributed by atoms with Crippen LogP contribution in [0.3, 0.4) is 0 Å². The molecule has 0 saturated carbocycles. The third-order valence-electron chi connectivity index (χ3n) is 2.67. The summed E-state index contributed by atoms with van der Waals surface area (Å²) in [6.45, 7) is 5.97. The molecule has 0 saturated heterocycles. The molecule has 0 aliphatic heterocycles. The zero-order valence-corrected chi connectivity index (χ0v) is 10.4. The molecule has 0 bridgehead atoms. The van der Waals surface area contributed by atoms with Crippen molar-refractivity contribution in [2.24, 2.45) is 0 Å². The van der Waals surface area contributed by atoms with Crippen LogP contribution in [-0.2, 0) is 9.53 Å². The van der Waals surface area contributed by atoms with Crippen LogP contribution in [0.25, 0.3) is 0 Å². The van der Waals surface area contributed by atoms with Crippen LogP contribution in [0.4, 0.5) is 0 Å². The Morgan fingerprint density at radius 1 is 1.41 bits per heavy atom. The summed E-state index contributed by atoms with van der Waals surface area (Å²) in [5.41, 5.74) is 1.04. The first-order valence-corrected chi connectivity index (χ1v) is 6.12.